The lowest BCUT2D eigenvalue weighted by Gasteiger charge is -2.07. The van der Waals surface area contributed by atoms with Crippen LogP contribution in [0.3, 0.4) is 0 Å². The number of thiophene rings is 1. The molecule has 0 aliphatic rings. The topological polar surface area (TPSA) is 79.4 Å². The SMILES string of the molecule is CCNc1nc(Cn2ccnc2C#N)nc2sccc12. The molecule has 0 amide bonds. The average Bonchev–Trinajstić information content (AvgIpc) is 3.07. The molecule has 3 aromatic heterocycles. The average molecular weight is 284 g/mol. The van der Waals surface area contributed by atoms with Crippen LogP contribution in [0.5, 0.6) is 0 Å². The van der Waals surface area contributed by atoms with Crippen LogP contribution in [0.4, 0.5) is 5.82 Å². The molecule has 0 unspecified atom stereocenters. The van der Waals surface area contributed by atoms with E-state index in [1.54, 1.807) is 28.3 Å². The van der Waals surface area contributed by atoms with Gasteiger partial charge >= 0.3 is 0 Å². The van der Waals surface area contributed by atoms with E-state index in [0.717, 1.165) is 22.6 Å². The van der Waals surface area contributed by atoms with E-state index < -0.39 is 0 Å². The van der Waals surface area contributed by atoms with E-state index >= 15 is 0 Å². The molecule has 0 spiro atoms. The molecule has 0 radical (unpaired) electrons. The monoisotopic (exact) mass is 284 g/mol. The third-order valence-corrected chi connectivity index (χ3v) is 3.65. The van der Waals surface area contributed by atoms with Crippen LogP contribution in [0.2, 0.25) is 0 Å². The first-order valence-corrected chi connectivity index (χ1v) is 7.09. The van der Waals surface area contributed by atoms with Gasteiger partial charge in [-0.2, -0.15) is 5.26 Å². The zero-order chi connectivity index (χ0) is 13.9. The van der Waals surface area contributed by atoms with Gasteiger partial charge in [-0.15, -0.1) is 11.3 Å². The van der Waals surface area contributed by atoms with E-state index in [-0.39, 0.29) is 0 Å². The van der Waals surface area contributed by atoms with Gasteiger partial charge < -0.3 is 9.88 Å². The maximum atomic E-state index is 8.98. The molecule has 100 valence electrons. The summed E-state index contributed by atoms with van der Waals surface area (Å²) in [5, 5.41) is 15.3. The van der Waals surface area contributed by atoms with Crippen molar-refractivity contribution in [3.63, 3.8) is 0 Å². The fourth-order valence-corrected chi connectivity index (χ4v) is 2.76. The highest BCUT2D eigenvalue weighted by atomic mass is 32.1. The molecule has 0 aromatic carbocycles. The summed E-state index contributed by atoms with van der Waals surface area (Å²) in [7, 11) is 0. The number of aromatic nitrogens is 4. The van der Waals surface area contributed by atoms with Crippen LogP contribution in [0.15, 0.2) is 23.8 Å². The Morgan fingerprint density at radius 2 is 2.35 bits per heavy atom. The molecular weight excluding hydrogens is 272 g/mol. The summed E-state index contributed by atoms with van der Waals surface area (Å²) < 4.78 is 1.74. The maximum Gasteiger partial charge on any atom is 0.213 e. The molecule has 0 bridgehead atoms. The van der Waals surface area contributed by atoms with Crippen molar-refractivity contribution in [2.24, 2.45) is 0 Å². The number of nitriles is 1. The first-order valence-electron chi connectivity index (χ1n) is 6.21. The second kappa shape index (κ2) is 5.27. The normalized spacial score (nSPS) is 10.6. The van der Waals surface area contributed by atoms with Gasteiger partial charge in [0.1, 0.15) is 16.7 Å². The van der Waals surface area contributed by atoms with Crippen molar-refractivity contribution in [3.8, 4) is 6.07 Å². The lowest BCUT2D eigenvalue weighted by molar-refractivity contribution is 0.738. The van der Waals surface area contributed by atoms with Gasteiger partial charge in [-0.1, -0.05) is 0 Å². The van der Waals surface area contributed by atoms with Gasteiger partial charge in [-0.3, -0.25) is 0 Å². The summed E-state index contributed by atoms with van der Waals surface area (Å²) in [4.78, 5) is 14.0. The standard InChI is InChI=1S/C13H12N6S/c1-2-15-12-9-3-6-20-13(9)18-10(17-12)8-19-5-4-16-11(19)7-14/h3-6H,2,8H2,1H3,(H,15,17,18). The summed E-state index contributed by atoms with van der Waals surface area (Å²) in [6, 6.07) is 4.06. The molecule has 0 aliphatic heterocycles. The predicted molar refractivity (Wildman–Crippen MR) is 77.6 cm³/mol. The Labute approximate surface area is 119 Å². The van der Waals surface area contributed by atoms with Crippen molar-refractivity contribution >= 4 is 27.4 Å². The Balaban J connectivity index is 2.01. The molecule has 3 heterocycles. The molecule has 6 nitrogen and oxygen atoms in total. The van der Waals surface area contributed by atoms with Gasteiger partial charge in [-0.05, 0) is 18.4 Å². The third-order valence-electron chi connectivity index (χ3n) is 2.84. The molecule has 0 atom stereocenters. The van der Waals surface area contributed by atoms with E-state index in [1.807, 2.05) is 18.4 Å². The molecule has 0 aliphatic carbocycles. The molecular formula is C13H12N6S. The lowest BCUT2D eigenvalue weighted by Crippen LogP contribution is -2.08. The molecule has 20 heavy (non-hydrogen) atoms. The summed E-state index contributed by atoms with van der Waals surface area (Å²) in [6.45, 7) is 3.27. The number of nitrogens with one attached hydrogen (secondary N) is 1. The Morgan fingerprint density at radius 1 is 1.45 bits per heavy atom. The van der Waals surface area contributed by atoms with Crippen LogP contribution in [0.25, 0.3) is 10.2 Å². The Bertz CT molecular complexity index is 782. The van der Waals surface area contributed by atoms with Gasteiger partial charge in [0.05, 0.1) is 11.9 Å². The first-order chi connectivity index (χ1) is 9.81. The molecule has 1 N–H and O–H groups in total. The number of hydrogen-bond donors (Lipinski definition) is 1. The summed E-state index contributed by atoms with van der Waals surface area (Å²) in [6.07, 6.45) is 3.36. The van der Waals surface area contributed by atoms with Crippen LogP contribution in [0.1, 0.15) is 18.6 Å². The molecule has 0 saturated heterocycles. The minimum absolute atomic E-state index is 0.366. The number of rotatable bonds is 4. The fourth-order valence-electron chi connectivity index (χ4n) is 1.97. The number of nitrogens with zero attached hydrogens (tertiary/aromatic N) is 5. The van der Waals surface area contributed by atoms with E-state index in [2.05, 4.69) is 26.3 Å². The molecule has 3 aromatic rings. The summed E-state index contributed by atoms with van der Waals surface area (Å²) in [5.41, 5.74) is 0. The van der Waals surface area contributed by atoms with Gasteiger partial charge in [0.2, 0.25) is 5.82 Å². The van der Waals surface area contributed by atoms with Crippen LogP contribution >= 0.6 is 11.3 Å². The van der Waals surface area contributed by atoms with E-state index in [1.165, 1.54) is 0 Å². The second-order valence-electron chi connectivity index (χ2n) is 4.15. The van der Waals surface area contributed by atoms with Gasteiger partial charge in [0, 0.05) is 18.9 Å². The van der Waals surface area contributed by atoms with Crippen molar-refractivity contribution in [3.05, 3.63) is 35.5 Å². The summed E-state index contributed by atoms with van der Waals surface area (Å²) >= 11 is 1.58. The van der Waals surface area contributed by atoms with Crippen molar-refractivity contribution < 1.29 is 0 Å². The maximum absolute atomic E-state index is 8.98. The Morgan fingerprint density at radius 3 is 3.15 bits per heavy atom. The zero-order valence-corrected chi connectivity index (χ0v) is 11.7. The predicted octanol–water partition coefficient (Wildman–Crippen LogP) is 2.24. The minimum Gasteiger partial charge on any atom is -0.370 e. The van der Waals surface area contributed by atoms with Crippen LogP contribution in [-0.2, 0) is 6.54 Å². The highest BCUT2D eigenvalue weighted by molar-refractivity contribution is 7.16. The summed E-state index contributed by atoms with van der Waals surface area (Å²) in [5.74, 6) is 1.88. The third kappa shape index (κ3) is 2.21. The molecule has 0 fully saturated rings. The van der Waals surface area contributed by atoms with Crippen molar-refractivity contribution in [2.75, 3.05) is 11.9 Å². The van der Waals surface area contributed by atoms with Crippen molar-refractivity contribution in [1.29, 1.82) is 5.26 Å². The van der Waals surface area contributed by atoms with E-state index in [9.17, 15) is 0 Å². The van der Waals surface area contributed by atoms with Gasteiger partial charge in [0.25, 0.3) is 0 Å². The van der Waals surface area contributed by atoms with Crippen molar-refractivity contribution in [2.45, 2.75) is 13.5 Å². The number of hydrogen-bond acceptors (Lipinski definition) is 6. The fraction of sp³-hybridized carbons (Fsp3) is 0.231. The molecule has 7 heteroatoms. The number of imidazole rings is 1. The van der Waals surface area contributed by atoms with E-state index in [4.69, 9.17) is 5.26 Å². The van der Waals surface area contributed by atoms with Crippen molar-refractivity contribution in [1.82, 2.24) is 19.5 Å². The van der Waals surface area contributed by atoms with Crippen LogP contribution < -0.4 is 5.32 Å². The Hall–Kier alpha value is -2.46. The number of fused-ring (bicyclic) bond motifs is 1. The number of anilines is 1. The van der Waals surface area contributed by atoms with E-state index in [0.29, 0.717) is 18.2 Å². The minimum atomic E-state index is 0.366. The van der Waals surface area contributed by atoms with Gasteiger partial charge in [-0.25, -0.2) is 15.0 Å². The Kier molecular flexibility index (Phi) is 3.31. The zero-order valence-electron chi connectivity index (χ0n) is 10.9. The largest absolute Gasteiger partial charge is 0.370 e. The second-order valence-corrected chi connectivity index (χ2v) is 5.04. The first kappa shape index (κ1) is 12.6. The van der Waals surface area contributed by atoms with Crippen LogP contribution in [0, 0.1) is 11.3 Å². The van der Waals surface area contributed by atoms with Gasteiger partial charge in [0.15, 0.2) is 5.82 Å². The lowest BCUT2D eigenvalue weighted by atomic mass is 10.3. The highest BCUT2D eigenvalue weighted by Crippen LogP contribution is 2.25. The highest BCUT2D eigenvalue weighted by Gasteiger charge is 2.10. The molecule has 3 rings (SSSR count). The smallest absolute Gasteiger partial charge is 0.213 e. The quantitative estimate of drug-likeness (QED) is 0.794. The molecule has 0 saturated carbocycles. The van der Waals surface area contributed by atoms with Crippen LogP contribution in [-0.4, -0.2) is 26.1 Å².